The minimum absolute atomic E-state index is 0.198. The zero-order chi connectivity index (χ0) is 27.9. The second-order valence-electron chi connectivity index (χ2n) is 11.7. The standard InChI is InChI=1S/C27H43O9P/c1-19(2)22-11-9-10-21(15-14-20-12-13-20)23(22)31-16-34-37(30,35-17-32-24(28)26(3,4)5)36-18-33-25(29)27(6,7)8/h9-11,19-20H,12-18H2,1-8H3. The van der Waals surface area contributed by atoms with Gasteiger partial charge in [-0.1, -0.05) is 44.9 Å². The number of carbonyl (C=O) groups is 2. The predicted molar refractivity (Wildman–Crippen MR) is 139 cm³/mol. The van der Waals surface area contributed by atoms with Gasteiger partial charge in [0.15, 0.2) is 6.79 Å². The molecular weight excluding hydrogens is 499 g/mol. The van der Waals surface area contributed by atoms with Crippen molar-refractivity contribution in [1.82, 2.24) is 0 Å². The zero-order valence-electron chi connectivity index (χ0n) is 23.5. The van der Waals surface area contributed by atoms with E-state index >= 15 is 0 Å². The summed E-state index contributed by atoms with van der Waals surface area (Å²) in [5.41, 5.74) is 0.499. The van der Waals surface area contributed by atoms with Gasteiger partial charge in [0.05, 0.1) is 10.8 Å². The van der Waals surface area contributed by atoms with E-state index in [0.29, 0.717) is 5.75 Å². The lowest BCUT2D eigenvalue weighted by Crippen LogP contribution is -2.25. The molecule has 210 valence electrons. The van der Waals surface area contributed by atoms with E-state index < -0.39 is 51.0 Å². The first-order chi connectivity index (χ1) is 17.1. The van der Waals surface area contributed by atoms with Gasteiger partial charge in [-0.2, -0.15) is 0 Å². The smallest absolute Gasteiger partial charge is 0.466 e. The van der Waals surface area contributed by atoms with Gasteiger partial charge in [0, 0.05) is 0 Å². The van der Waals surface area contributed by atoms with E-state index in [1.165, 1.54) is 12.8 Å². The molecule has 0 spiro atoms. The van der Waals surface area contributed by atoms with E-state index in [1.807, 2.05) is 18.2 Å². The molecule has 1 aliphatic carbocycles. The topological polar surface area (TPSA) is 107 Å². The van der Waals surface area contributed by atoms with Gasteiger partial charge < -0.3 is 14.2 Å². The molecule has 0 aromatic heterocycles. The monoisotopic (exact) mass is 542 g/mol. The van der Waals surface area contributed by atoms with Crippen LogP contribution >= 0.6 is 7.82 Å². The first-order valence-corrected chi connectivity index (χ1v) is 14.2. The van der Waals surface area contributed by atoms with Crippen LogP contribution < -0.4 is 4.74 Å². The lowest BCUT2D eigenvalue weighted by atomic mass is 9.96. The lowest BCUT2D eigenvalue weighted by molar-refractivity contribution is -0.163. The van der Waals surface area contributed by atoms with E-state index in [4.69, 9.17) is 27.8 Å². The second kappa shape index (κ2) is 13.2. The van der Waals surface area contributed by atoms with Crippen molar-refractivity contribution in [2.45, 2.75) is 87.0 Å². The van der Waals surface area contributed by atoms with Crippen molar-refractivity contribution in [1.29, 1.82) is 0 Å². The average Bonchev–Trinajstić information content (AvgIpc) is 3.61. The normalized spacial score (nSPS) is 14.5. The van der Waals surface area contributed by atoms with Crippen LogP contribution in [0.25, 0.3) is 0 Å². The fourth-order valence-corrected chi connectivity index (χ4v) is 3.95. The first-order valence-electron chi connectivity index (χ1n) is 12.7. The van der Waals surface area contributed by atoms with E-state index in [0.717, 1.165) is 29.9 Å². The molecular formula is C27H43O9P. The maximum Gasteiger partial charge on any atom is 0.483 e. The number of phosphoric acid groups is 1. The molecule has 2 rings (SSSR count). The van der Waals surface area contributed by atoms with Crippen molar-refractivity contribution >= 4 is 19.8 Å². The van der Waals surface area contributed by atoms with Crippen LogP contribution in [0.5, 0.6) is 5.75 Å². The van der Waals surface area contributed by atoms with Crippen LogP contribution in [0.15, 0.2) is 18.2 Å². The minimum Gasteiger partial charge on any atom is -0.466 e. The zero-order valence-corrected chi connectivity index (χ0v) is 24.4. The molecule has 0 N–H and O–H groups in total. The van der Waals surface area contributed by atoms with Crippen molar-refractivity contribution < 1.29 is 41.9 Å². The number of phosphoric ester groups is 1. The van der Waals surface area contributed by atoms with Gasteiger partial charge in [0.25, 0.3) is 0 Å². The van der Waals surface area contributed by atoms with Gasteiger partial charge >= 0.3 is 19.8 Å². The summed E-state index contributed by atoms with van der Waals surface area (Å²) in [5.74, 6) is 0.536. The third kappa shape index (κ3) is 10.8. The first kappa shape index (κ1) is 31.3. The molecule has 0 heterocycles. The summed E-state index contributed by atoms with van der Waals surface area (Å²) in [6.45, 7) is 12.4. The number of ether oxygens (including phenoxy) is 3. The van der Waals surface area contributed by atoms with Gasteiger partial charge in [-0.3, -0.25) is 9.59 Å². The third-order valence-corrected chi connectivity index (χ3v) is 6.97. The van der Waals surface area contributed by atoms with Crippen LogP contribution in [0.4, 0.5) is 0 Å². The summed E-state index contributed by atoms with van der Waals surface area (Å²) in [7, 11) is -4.33. The molecule has 1 saturated carbocycles. The van der Waals surface area contributed by atoms with Crippen molar-refractivity contribution in [3.8, 4) is 5.75 Å². The fourth-order valence-electron chi connectivity index (χ4n) is 3.18. The Labute approximate surface area is 221 Å². The molecule has 10 heteroatoms. The SMILES string of the molecule is CC(C)c1cccc(CCC2CC2)c1OCOP(=O)(OCOC(=O)C(C)(C)C)OCOC(=O)C(C)(C)C. The number of esters is 2. The summed E-state index contributed by atoms with van der Waals surface area (Å²) in [6.07, 6.45) is 4.49. The molecule has 9 nitrogen and oxygen atoms in total. The van der Waals surface area contributed by atoms with Crippen LogP contribution in [0.2, 0.25) is 0 Å². The Morgan fingerprint density at radius 3 is 1.86 bits per heavy atom. The number of benzene rings is 1. The molecule has 0 atom stereocenters. The molecule has 37 heavy (non-hydrogen) atoms. The number of para-hydroxylation sites is 1. The number of aryl methyl sites for hydroxylation is 1. The van der Waals surface area contributed by atoms with E-state index in [-0.39, 0.29) is 5.92 Å². The maximum absolute atomic E-state index is 13.3. The van der Waals surface area contributed by atoms with Crippen molar-refractivity contribution in [3.63, 3.8) is 0 Å². The maximum atomic E-state index is 13.3. The molecule has 0 amide bonds. The van der Waals surface area contributed by atoms with Crippen LogP contribution in [0, 0.1) is 16.7 Å². The summed E-state index contributed by atoms with van der Waals surface area (Å²) in [5, 5.41) is 0. The highest BCUT2D eigenvalue weighted by atomic mass is 31.2. The molecule has 1 aromatic carbocycles. The van der Waals surface area contributed by atoms with Crippen LogP contribution in [0.3, 0.4) is 0 Å². The summed E-state index contributed by atoms with van der Waals surface area (Å²) in [6, 6.07) is 6.02. The van der Waals surface area contributed by atoms with Crippen LogP contribution in [0.1, 0.15) is 91.7 Å². The molecule has 1 aromatic rings. The largest absolute Gasteiger partial charge is 0.483 e. The van der Waals surface area contributed by atoms with E-state index in [1.54, 1.807) is 41.5 Å². The highest BCUT2D eigenvalue weighted by Gasteiger charge is 2.32. The molecule has 0 unspecified atom stereocenters. The van der Waals surface area contributed by atoms with Crippen LogP contribution in [-0.2, 0) is 43.6 Å². The molecule has 0 radical (unpaired) electrons. The third-order valence-electron chi connectivity index (χ3n) is 5.71. The molecule has 0 saturated heterocycles. The number of hydrogen-bond acceptors (Lipinski definition) is 9. The Hall–Kier alpha value is -1.93. The Kier molecular flexibility index (Phi) is 11.2. The fraction of sp³-hybridized carbons (Fsp3) is 0.704. The van der Waals surface area contributed by atoms with Gasteiger partial charge in [0.2, 0.25) is 13.6 Å². The number of hydrogen-bond donors (Lipinski definition) is 0. The molecule has 1 fully saturated rings. The minimum atomic E-state index is -4.33. The van der Waals surface area contributed by atoms with Gasteiger partial charge in [-0.05, 0) is 77.3 Å². The molecule has 0 bridgehead atoms. The lowest BCUT2D eigenvalue weighted by Gasteiger charge is -2.22. The van der Waals surface area contributed by atoms with Gasteiger partial charge in [0.1, 0.15) is 5.75 Å². The van der Waals surface area contributed by atoms with Gasteiger partial charge in [-0.15, -0.1) is 0 Å². The van der Waals surface area contributed by atoms with E-state index in [2.05, 4.69) is 13.8 Å². The second-order valence-corrected chi connectivity index (χ2v) is 13.3. The predicted octanol–water partition coefficient (Wildman–Crippen LogP) is 6.74. The number of carbonyl (C=O) groups excluding carboxylic acids is 2. The molecule has 0 aliphatic heterocycles. The number of rotatable bonds is 14. The summed E-state index contributed by atoms with van der Waals surface area (Å²) >= 11 is 0. The Morgan fingerprint density at radius 1 is 0.892 bits per heavy atom. The Balaban J connectivity index is 2.07. The molecule has 1 aliphatic rings. The van der Waals surface area contributed by atoms with Gasteiger partial charge in [-0.25, -0.2) is 18.1 Å². The highest BCUT2D eigenvalue weighted by molar-refractivity contribution is 7.48. The Bertz CT molecular complexity index is 920. The van der Waals surface area contributed by atoms with Crippen LogP contribution in [-0.4, -0.2) is 32.3 Å². The quantitative estimate of drug-likeness (QED) is 0.143. The van der Waals surface area contributed by atoms with Crippen molar-refractivity contribution in [2.24, 2.45) is 16.7 Å². The summed E-state index contributed by atoms with van der Waals surface area (Å²) < 4.78 is 45.1. The summed E-state index contributed by atoms with van der Waals surface area (Å²) in [4.78, 5) is 24.1. The Morgan fingerprint density at radius 2 is 1.41 bits per heavy atom. The highest BCUT2D eigenvalue weighted by Crippen LogP contribution is 2.49. The van der Waals surface area contributed by atoms with Crippen molar-refractivity contribution in [3.05, 3.63) is 29.3 Å². The van der Waals surface area contributed by atoms with Crippen molar-refractivity contribution in [2.75, 3.05) is 20.4 Å². The van der Waals surface area contributed by atoms with E-state index in [9.17, 15) is 14.2 Å². The average molecular weight is 543 g/mol.